The van der Waals surface area contributed by atoms with Gasteiger partial charge in [0.05, 0.1) is 6.42 Å². The molecule has 32 heavy (non-hydrogen) atoms. The predicted molar refractivity (Wildman–Crippen MR) is 121 cm³/mol. The maximum atomic E-state index is 12.7. The number of carbonyl (C=O) groups excluding carboxylic acids is 2. The monoisotopic (exact) mass is 473 g/mol. The van der Waals surface area contributed by atoms with Gasteiger partial charge in [-0.15, -0.1) is 0 Å². The Morgan fingerprint density at radius 1 is 1.03 bits per heavy atom. The minimum Gasteiger partial charge on any atom is -0.457 e. The molecule has 0 radical (unpaired) electrons. The van der Waals surface area contributed by atoms with Crippen molar-refractivity contribution < 1.29 is 23.8 Å². The standard InChI is InChI=1S/C24H21Cl2NO5/c1-14-7-19(15(2)27(14)11-16-3-6-22-23(8-16)32-13-31-22)21(28)12-30-24(29)9-17-4-5-18(25)10-20(17)26/h3-8,10H,9,11-13H2,1-2H3. The van der Waals surface area contributed by atoms with E-state index in [4.69, 9.17) is 37.4 Å². The normalized spacial score (nSPS) is 12.1. The van der Waals surface area contributed by atoms with E-state index in [-0.39, 0.29) is 25.6 Å². The summed E-state index contributed by atoms with van der Waals surface area (Å²) in [6.07, 6.45) is -0.0353. The maximum Gasteiger partial charge on any atom is 0.310 e. The molecule has 0 atom stereocenters. The van der Waals surface area contributed by atoms with Crippen molar-refractivity contribution in [1.29, 1.82) is 0 Å². The summed E-state index contributed by atoms with van der Waals surface area (Å²) >= 11 is 12.0. The number of fused-ring (bicyclic) bond motifs is 1. The van der Waals surface area contributed by atoms with Gasteiger partial charge in [-0.3, -0.25) is 9.59 Å². The number of hydrogen-bond donors (Lipinski definition) is 0. The highest BCUT2D eigenvalue weighted by Gasteiger charge is 2.19. The first-order chi connectivity index (χ1) is 15.3. The van der Waals surface area contributed by atoms with Gasteiger partial charge in [-0.1, -0.05) is 35.3 Å². The number of carbonyl (C=O) groups is 2. The second kappa shape index (κ2) is 9.27. The predicted octanol–water partition coefficient (Wildman–Crippen LogP) is 5.16. The lowest BCUT2D eigenvalue weighted by Gasteiger charge is -2.11. The van der Waals surface area contributed by atoms with Crippen LogP contribution in [0.25, 0.3) is 0 Å². The summed E-state index contributed by atoms with van der Waals surface area (Å²) in [5.41, 5.74) is 3.89. The average molecular weight is 474 g/mol. The molecule has 0 saturated heterocycles. The van der Waals surface area contributed by atoms with Gasteiger partial charge in [0.15, 0.2) is 18.1 Å². The second-order valence-corrected chi connectivity index (χ2v) is 8.40. The zero-order valence-electron chi connectivity index (χ0n) is 17.6. The van der Waals surface area contributed by atoms with Crippen LogP contribution in [-0.4, -0.2) is 29.7 Å². The van der Waals surface area contributed by atoms with Crippen LogP contribution in [0.1, 0.15) is 32.9 Å². The van der Waals surface area contributed by atoms with E-state index in [1.807, 2.05) is 42.7 Å². The van der Waals surface area contributed by atoms with Gasteiger partial charge >= 0.3 is 5.97 Å². The highest BCUT2D eigenvalue weighted by Crippen LogP contribution is 2.33. The summed E-state index contributed by atoms with van der Waals surface area (Å²) in [6.45, 7) is 4.28. The van der Waals surface area contributed by atoms with E-state index in [1.54, 1.807) is 18.2 Å². The molecule has 0 N–H and O–H groups in total. The van der Waals surface area contributed by atoms with Gasteiger partial charge in [-0.05, 0) is 55.3 Å². The molecule has 0 fully saturated rings. The quantitative estimate of drug-likeness (QED) is 0.350. The molecule has 6 nitrogen and oxygen atoms in total. The fourth-order valence-corrected chi connectivity index (χ4v) is 4.12. The number of rotatable bonds is 7. The fraction of sp³-hybridized carbons (Fsp3) is 0.250. The summed E-state index contributed by atoms with van der Waals surface area (Å²) in [5, 5.41) is 0.867. The molecule has 0 spiro atoms. The van der Waals surface area contributed by atoms with Gasteiger partial charge in [-0.25, -0.2) is 0 Å². The van der Waals surface area contributed by atoms with Crippen molar-refractivity contribution in [1.82, 2.24) is 4.57 Å². The molecule has 1 aliphatic rings. The van der Waals surface area contributed by atoms with Crippen molar-refractivity contribution >= 4 is 35.0 Å². The van der Waals surface area contributed by atoms with Crippen LogP contribution in [0.2, 0.25) is 10.0 Å². The Bertz CT molecular complexity index is 1200. The number of nitrogens with zero attached hydrogens (tertiary/aromatic N) is 1. The molecule has 8 heteroatoms. The number of halogens is 2. The smallest absolute Gasteiger partial charge is 0.310 e. The Balaban J connectivity index is 1.40. The van der Waals surface area contributed by atoms with Crippen molar-refractivity contribution in [2.45, 2.75) is 26.8 Å². The summed E-state index contributed by atoms with van der Waals surface area (Å²) in [7, 11) is 0. The summed E-state index contributed by atoms with van der Waals surface area (Å²) in [4.78, 5) is 24.9. The number of hydrogen-bond acceptors (Lipinski definition) is 5. The Hall–Kier alpha value is -2.96. The van der Waals surface area contributed by atoms with Crippen molar-refractivity contribution in [3.8, 4) is 11.5 Å². The van der Waals surface area contributed by atoms with Gasteiger partial charge in [-0.2, -0.15) is 0 Å². The van der Waals surface area contributed by atoms with E-state index in [0.29, 0.717) is 33.5 Å². The highest BCUT2D eigenvalue weighted by atomic mass is 35.5. The first kappa shape index (κ1) is 22.2. The van der Waals surface area contributed by atoms with Crippen LogP contribution in [0.15, 0.2) is 42.5 Å². The Morgan fingerprint density at radius 2 is 1.81 bits per heavy atom. The van der Waals surface area contributed by atoms with E-state index in [2.05, 4.69) is 0 Å². The molecule has 3 aromatic rings. The number of esters is 1. The molecule has 0 unspecified atom stereocenters. The van der Waals surface area contributed by atoms with Crippen LogP contribution in [0.4, 0.5) is 0 Å². The lowest BCUT2D eigenvalue weighted by molar-refractivity contribution is -0.141. The van der Waals surface area contributed by atoms with Crippen molar-refractivity contribution in [2.75, 3.05) is 13.4 Å². The molecule has 2 heterocycles. The van der Waals surface area contributed by atoms with Gasteiger partial charge in [0.25, 0.3) is 0 Å². The third kappa shape index (κ3) is 4.76. The molecule has 166 valence electrons. The number of ether oxygens (including phenoxy) is 3. The average Bonchev–Trinajstić information content (AvgIpc) is 3.33. The first-order valence-electron chi connectivity index (χ1n) is 10.00. The minimum atomic E-state index is -0.531. The molecule has 4 rings (SSSR count). The lowest BCUT2D eigenvalue weighted by atomic mass is 10.1. The summed E-state index contributed by atoms with van der Waals surface area (Å²) in [5.74, 6) is 0.656. The topological polar surface area (TPSA) is 66.8 Å². The Morgan fingerprint density at radius 3 is 2.59 bits per heavy atom. The van der Waals surface area contributed by atoms with E-state index < -0.39 is 5.97 Å². The largest absolute Gasteiger partial charge is 0.457 e. The van der Waals surface area contributed by atoms with Crippen LogP contribution in [-0.2, 0) is 22.5 Å². The zero-order valence-corrected chi connectivity index (χ0v) is 19.1. The minimum absolute atomic E-state index is 0.0353. The van der Waals surface area contributed by atoms with Gasteiger partial charge in [0.1, 0.15) is 0 Å². The molecule has 0 aliphatic carbocycles. The fourth-order valence-electron chi connectivity index (χ4n) is 3.64. The summed E-state index contributed by atoms with van der Waals surface area (Å²) < 4.78 is 18.0. The van der Waals surface area contributed by atoms with Crippen LogP contribution < -0.4 is 9.47 Å². The van der Waals surface area contributed by atoms with Gasteiger partial charge in [0.2, 0.25) is 12.6 Å². The Kier molecular flexibility index (Phi) is 6.44. The molecule has 0 amide bonds. The molecule has 0 bridgehead atoms. The molecule has 1 aliphatic heterocycles. The van der Waals surface area contributed by atoms with Gasteiger partial charge < -0.3 is 18.8 Å². The second-order valence-electron chi connectivity index (χ2n) is 7.55. The van der Waals surface area contributed by atoms with Crippen molar-refractivity contribution in [2.24, 2.45) is 0 Å². The Labute approximate surface area is 195 Å². The number of ketones is 1. The summed E-state index contributed by atoms with van der Waals surface area (Å²) in [6, 6.07) is 12.5. The van der Waals surface area contributed by atoms with Crippen LogP contribution in [0.5, 0.6) is 11.5 Å². The molecule has 0 saturated carbocycles. The highest BCUT2D eigenvalue weighted by molar-refractivity contribution is 6.35. The number of aromatic nitrogens is 1. The first-order valence-corrected chi connectivity index (χ1v) is 10.8. The van der Waals surface area contributed by atoms with Crippen molar-refractivity contribution in [3.05, 3.63) is 80.6 Å². The lowest BCUT2D eigenvalue weighted by Crippen LogP contribution is -2.16. The van der Waals surface area contributed by atoms with Crippen LogP contribution >= 0.6 is 23.2 Å². The van der Waals surface area contributed by atoms with Crippen molar-refractivity contribution in [3.63, 3.8) is 0 Å². The van der Waals surface area contributed by atoms with E-state index in [1.165, 1.54) is 0 Å². The van der Waals surface area contributed by atoms with E-state index in [9.17, 15) is 9.59 Å². The molecular formula is C24H21Cl2NO5. The zero-order chi connectivity index (χ0) is 22.8. The number of benzene rings is 2. The molecule has 1 aromatic heterocycles. The number of Topliss-reactive ketones (excluding diaryl/α,β-unsaturated/α-hetero) is 1. The maximum absolute atomic E-state index is 12.7. The molecular weight excluding hydrogens is 453 g/mol. The van der Waals surface area contributed by atoms with Crippen LogP contribution in [0.3, 0.4) is 0 Å². The van der Waals surface area contributed by atoms with E-state index >= 15 is 0 Å². The van der Waals surface area contributed by atoms with Crippen LogP contribution in [0, 0.1) is 13.8 Å². The number of aryl methyl sites for hydroxylation is 1. The van der Waals surface area contributed by atoms with E-state index in [0.717, 1.165) is 22.7 Å². The molecule has 2 aromatic carbocycles. The van der Waals surface area contributed by atoms with Gasteiger partial charge in [0, 0.05) is 33.5 Å². The third-order valence-corrected chi connectivity index (χ3v) is 5.95. The SMILES string of the molecule is Cc1cc(C(=O)COC(=O)Cc2ccc(Cl)cc2Cl)c(C)n1Cc1ccc2c(c1)OCO2. The third-order valence-electron chi connectivity index (χ3n) is 5.37.